The zero-order valence-electron chi connectivity index (χ0n) is 18.5. The monoisotopic (exact) mass is 424 g/mol. The van der Waals surface area contributed by atoms with Crippen LogP contribution >= 0.6 is 0 Å². The fourth-order valence-corrected chi connectivity index (χ4v) is 9.38. The third-order valence-corrected chi connectivity index (χ3v) is 11.0. The molecule has 1 fully saturated rings. The first-order valence-electron chi connectivity index (χ1n) is 10.6. The molecular weight excluding hydrogens is 392 g/mol. The Hall–Kier alpha value is -1.99. The number of nitrogens with two attached hydrogens (primary N) is 1. The van der Waals surface area contributed by atoms with Crippen molar-refractivity contribution in [3.8, 4) is 0 Å². The molecule has 30 heavy (non-hydrogen) atoms. The van der Waals surface area contributed by atoms with Crippen LogP contribution in [-0.4, -0.2) is 44.8 Å². The summed E-state index contributed by atoms with van der Waals surface area (Å²) < 4.78 is 19.6. The first-order chi connectivity index (χ1) is 14.1. The van der Waals surface area contributed by atoms with Crippen molar-refractivity contribution < 1.29 is 13.9 Å². The summed E-state index contributed by atoms with van der Waals surface area (Å²) in [6.45, 7) is 11.1. The lowest BCUT2D eigenvalue weighted by Gasteiger charge is -2.46. The fraction of sp³-hybridized carbons (Fsp3) is 0.458. The van der Waals surface area contributed by atoms with E-state index in [1.807, 2.05) is 26.0 Å². The Morgan fingerprint density at radius 2 is 1.50 bits per heavy atom. The molecule has 0 aliphatic carbocycles. The quantitative estimate of drug-likeness (QED) is 0.767. The highest BCUT2D eigenvalue weighted by molar-refractivity contribution is 6.99. The minimum absolute atomic E-state index is 0.118. The zero-order valence-corrected chi connectivity index (χ0v) is 19.5. The van der Waals surface area contributed by atoms with E-state index in [0.717, 1.165) is 0 Å². The highest BCUT2D eigenvalue weighted by atomic mass is 28.4. The number of hydrogen-bond donors (Lipinski definition) is 1. The van der Waals surface area contributed by atoms with E-state index in [9.17, 15) is 0 Å². The second-order valence-electron chi connectivity index (χ2n) is 9.61. The van der Waals surface area contributed by atoms with E-state index < -0.39 is 14.1 Å². The molecule has 4 rings (SSSR count). The standard InChI is InChI=1S/C24H32N2O3Si/c1-23(2,3)30(17-12-8-6-9-13-17,18-14-10-7-11-15-18)29-19-16-26-22(25)21-20(19)27-24(4,5)28-21/h6-15,19-21H,16H2,1-5H3,(H2,25,26)/t19-,20-,21-/m1/s1. The van der Waals surface area contributed by atoms with Gasteiger partial charge >= 0.3 is 0 Å². The van der Waals surface area contributed by atoms with Gasteiger partial charge in [-0.1, -0.05) is 81.4 Å². The van der Waals surface area contributed by atoms with Gasteiger partial charge in [0, 0.05) is 0 Å². The van der Waals surface area contributed by atoms with E-state index in [4.69, 9.17) is 19.6 Å². The number of aliphatic imine (C=N–C) groups is 1. The van der Waals surface area contributed by atoms with E-state index in [1.54, 1.807) is 0 Å². The van der Waals surface area contributed by atoms with Crippen LogP contribution in [0.15, 0.2) is 65.7 Å². The van der Waals surface area contributed by atoms with Crippen molar-refractivity contribution in [1.29, 1.82) is 0 Å². The minimum atomic E-state index is -2.71. The predicted molar refractivity (Wildman–Crippen MR) is 123 cm³/mol. The predicted octanol–water partition coefficient (Wildman–Crippen LogP) is 2.82. The summed E-state index contributed by atoms with van der Waals surface area (Å²) in [7, 11) is -2.71. The van der Waals surface area contributed by atoms with Gasteiger partial charge in [-0.25, -0.2) is 0 Å². The van der Waals surface area contributed by atoms with E-state index in [1.165, 1.54) is 10.4 Å². The summed E-state index contributed by atoms with van der Waals surface area (Å²) in [4.78, 5) is 4.56. The van der Waals surface area contributed by atoms with Gasteiger partial charge < -0.3 is 19.6 Å². The van der Waals surface area contributed by atoms with Gasteiger partial charge in [-0.2, -0.15) is 0 Å². The number of rotatable bonds is 4. The van der Waals surface area contributed by atoms with Crippen LogP contribution in [0.5, 0.6) is 0 Å². The third kappa shape index (κ3) is 3.62. The molecule has 2 aromatic carbocycles. The summed E-state index contributed by atoms with van der Waals surface area (Å²) in [5.74, 6) is -0.222. The Balaban J connectivity index is 1.83. The van der Waals surface area contributed by atoms with Crippen LogP contribution < -0.4 is 16.1 Å². The molecule has 160 valence electrons. The zero-order chi connectivity index (χ0) is 21.6. The molecule has 6 heteroatoms. The second kappa shape index (κ2) is 7.61. The summed E-state index contributed by atoms with van der Waals surface area (Å²) >= 11 is 0. The Bertz CT molecular complexity index is 870. The first-order valence-corrected chi connectivity index (χ1v) is 12.5. The Labute approximate surface area is 180 Å². The average molecular weight is 425 g/mol. The third-order valence-electron chi connectivity index (χ3n) is 5.99. The lowest BCUT2D eigenvalue weighted by atomic mass is 10.0. The largest absolute Gasteiger partial charge is 0.400 e. The number of hydrogen-bond acceptors (Lipinski definition) is 5. The molecule has 3 atom stereocenters. The molecule has 0 amide bonds. The molecule has 0 unspecified atom stereocenters. The van der Waals surface area contributed by atoms with Crippen molar-refractivity contribution in [2.45, 2.75) is 63.8 Å². The van der Waals surface area contributed by atoms with Crippen LogP contribution in [0.4, 0.5) is 0 Å². The molecule has 2 heterocycles. The Morgan fingerprint density at radius 1 is 0.967 bits per heavy atom. The van der Waals surface area contributed by atoms with Crippen molar-refractivity contribution in [1.82, 2.24) is 0 Å². The van der Waals surface area contributed by atoms with Crippen molar-refractivity contribution in [2.24, 2.45) is 10.7 Å². The molecule has 0 saturated carbocycles. The van der Waals surface area contributed by atoms with E-state index in [-0.39, 0.29) is 23.4 Å². The van der Waals surface area contributed by atoms with Gasteiger partial charge in [0.05, 0.1) is 12.6 Å². The molecule has 0 radical (unpaired) electrons. The molecule has 5 nitrogen and oxygen atoms in total. The molecule has 0 aromatic heterocycles. The molecule has 2 aliphatic heterocycles. The van der Waals surface area contributed by atoms with Gasteiger partial charge in [0.15, 0.2) is 5.79 Å². The molecule has 1 saturated heterocycles. The van der Waals surface area contributed by atoms with E-state index in [0.29, 0.717) is 12.4 Å². The van der Waals surface area contributed by atoms with Crippen molar-refractivity contribution in [2.75, 3.05) is 6.54 Å². The van der Waals surface area contributed by atoms with Crippen LogP contribution in [0.25, 0.3) is 0 Å². The molecule has 2 aliphatic rings. The highest BCUT2D eigenvalue weighted by Gasteiger charge is 2.56. The second-order valence-corrected chi connectivity index (χ2v) is 13.9. The fourth-order valence-electron chi connectivity index (χ4n) is 4.70. The maximum Gasteiger partial charge on any atom is 0.261 e. The lowest BCUT2D eigenvalue weighted by Crippen LogP contribution is -2.69. The maximum atomic E-state index is 7.24. The van der Waals surface area contributed by atoms with Gasteiger partial charge in [-0.3, -0.25) is 4.99 Å². The summed E-state index contributed by atoms with van der Waals surface area (Å²) in [5, 5.41) is 2.36. The summed E-state index contributed by atoms with van der Waals surface area (Å²) in [6, 6.07) is 21.2. The number of fused-ring (bicyclic) bond motifs is 1. The van der Waals surface area contributed by atoms with E-state index in [2.05, 4.69) is 74.3 Å². The lowest BCUT2D eigenvalue weighted by molar-refractivity contribution is -0.150. The number of ether oxygens (including phenoxy) is 2. The molecule has 2 N–H and O–H groups in total. The summed E-state index contributed by atoms with van der Waals surface area (Å²) in [6.07, 6.45) is -0.897. The highest BCUT2D eigenvalue weighted by Crippen LogP contribution is 2.40. The smallest absolute Gasteiger partial charge is 0.261 e. The van der Waals surface area contributed by atoms with Gasteiger partial charge in [0.1, 0.15) is 18.0 Å². The van der Waals surface area contributed by atoms with Crippen LogP contribution in [0, 0.1) is 0 Å². The molecule has 0 bridgehead atoms. The number of amidine groups is 1. The Morgan fingerprint density at radius 3 is 2.00 bits per heavy atom. The molecule has 2 aromatic rings. The Kier molecular flexibility index (Phi) is 5.39. The van der Waals surface area contributed by atoms with Crippen molar-refractivity contribution >= 4 is 24.5 Å². The van der Waals surface area contributed by atoms with Gasteiger partial charge in [0.25, 0.3) is 8.32 Å². The topological polar surface area (TPSA) is 66.1 Å². The van der Waals surface area contributed by atoms with Crippen LogP contribution in [0.2, 0.25) is 5.04 Å². The SMILES string of the molecule is CC1(C)O[C@@H]2[C@H](O[Si](c3ccccc3)(c3ccccc3)C(C)(C)C)CN=C(N)[C@@H]2O1. The summed E-state index contributed by atoms with van der Waals surface area (Å²) in [5.41, 5.74) is 6.18. The normalized spacial score (nSPS) is 26.2. The van der Waals surface area contributed by atoms with Crippen LogP contribution in [0.1, 0.15) is 34.6 Å². The van der Waals surface area contributed by atoms with Gasteiger partial charge in [0.2, 0.25) is 0 Å². The van der Waals surface area contributed by atoms with Gasteiger partial charge in [-0.15, -0.1) is 0 Å². The van der Waals surface area contributed by atoms with Crippen LogP contribution in [0.3, 0.4) is 0 Å². The van der Waals surface area contributed by atoms with E-state index >= 15 is 0 Å². The van der Waals surface area contributed by atoms with Gasteiger partial charge in [-0.05, 0) is 29.3 Å². The molecule has 0 spiro atoms. The number of nitrogens with zero attached hydrogens (tertiary/aromatic N) is 1. The van der Waals surface area contributed by atoms with Crippen molar-refractivity contribution in [3.05, 3.63) is 60.7 Å². The van der Waals surface area contributed by atoms with Crippen LogP contribution in [-0.2, 0) is 13.9 Å². The minimum Gasteiger partial charge on any atom is -0.400 e. The maximum absolute atomic E-state index is 7.24. The first kappa shape index (κ1) is 21.2. The van der Waals surface area contributed by atoms with Crippen molar-refractivity contribution in [3.63, 3.8) is 0 Å². The average Bonchev–Trinajstić information content (AvgIpc) is 3.04. The number of benzene rings is 2. The molecular formula is C24H32N2O3Si.